The molecule has 1 unspecified atom stereocenters. The van der Waals surface area contributed by atoms with Crippen LogP contribution >= 0.6 is 0 Å². The van der Waals surface area contributed by atoms with Gasteiger partial charge in [-0.25, -0.2) is 0 Å². The molecule has 1 N–H and O–H groups in total. The molecule has 0 spiro atoms. The summed E-state index contributed by atoms with van der Waals surface area (Å²) in [4.78, 5) is 2.37. The Hall–Kier alpha value is -1.20. The van der Waals surface area contributed by atoms with Gasteiger partial charge in [0.1, 0.15) is 5.75 Å². The predicted molar refractivity (Wildman–Crippen MR) is 75.1 cm³/mol. The summed E-state index contributed by atoms with van der Waals surface area (Å²) in [5, 5.41) is 3.44. The Morgan fingerprint density at radius 2 is 1.95 bits per heavy atom. The molecular formula is C15H22F2N2O. The molecular weight excluding hydrogens is 262 g/mol. The highest BCUT2D eigenvalue weighted by Gasteiger charge is 2.25. The van der Waals surface area contributed by atoms with Gasteiger partial charge in [-0.3, -0.25) is 0 Å². The molecule has 5 heteroatoms. The number of rotatable bonds is 8. The first kappa shape index (κ1) is 15.2. The zero-order valence-electron chi connectivity index (χ0n) is 12.0. The van der Waals surface area contributed by atoms with Gasteiger partial charge in [0.15, 0.2) is 0 Å². The number of likely N-dealkylation sites (N-methyl/N-ethyl adjacent to an activating group) is 1. The van der Waals surface area contributed by atoms with Crippen LogP contribution in [0.5, 0.6) is 5.75 Å². The summed E-state index contributed by atoms with van der Waals surface area (Å²) in [6, 6.07) is 7.77. The molecule has 1 fully saturated rings. The van der Waals surface area contributed by atoms with Gasteiger partial charge in [-0.1, -0.05) is 12.1 Å². The first-order chi connectivity index (χ1) is 9.56. The number of nitrogens with zero attached hydrogens (tertiary/aromatic N) is 1. The van der Waals surface area contributed by atoms with Crippen LogP contribution in [-0.2, 0) is 0 Å². The molecule has 1 aliphatic carbocycles. The summed E-state index contributed by atoms with van der Waals surface area (Å²) in [6.45, 7) is 1.25. The number of benzene rings is 1. The third-order valence-corrected chi connectivity index (χ3v) is 3.69. The van der Waals surface area contributed by atoms with Crippen LogP contribution < -0.4 is 10.1 Å². The van der Waals surface area contributed by atoms with E-state index in [2.05, 4.69) is 28.9 Å². The molecule has 0 saturated heterocycles. The molecule has 0 amide bonds. The molecule has 0 aromatic heterocycles. The minimum Gasteiger partial charge on any atom is -0.435 e. The minimum atomic E-state index is -2.77. The number of hydrogen-bond acceptors (Lipinski definition) is 3. The van der Waals surface area contributed by atoms with Crippen LogP contribution in [0.4, 0.5) is 8.78 Å². The van der Waals surface area contributed by atoms with E-state index in [1.165, 1.54) is 12.8 Å². The Morgan fingerprint density at radius 1 is 1.30 bits per heavy atom. The lowest BCUT2D eigenvalue weighted by molar-refractivity contribution is -0.0498. The van der Waals surface area contributed by atoms with E-state index in [9.17, 15) is 8.78 Å². The smallest absolute Gasteiger partial charge is 0.387 e. The van der Waals surface area contributed by atoms with Gasteiger partial charge in [-0.15, -0.1) is 0 Å². The van der Waals surface area contributed by atoms with Crippen molar-refractivity contribution < 1.29 is 13.5 Å². The van der Waals surface area contributed by atoms with Crippen LogP contribution in [0.1, 0.15) is 31.4 Å². The van der Waals surface area contributed by atoms with Crippen molar-refractivity contribution in [2.24, 2.45) is 0 Å². The molecule has 2 rings (SSSR count). The van der Waals surface area contributed by atoms with Gasteiger partial charge in [0.2, 0.25) is 0 Å². The summed E-state index contributed by atoms with van der Waals surface area (Å²) in [5.41, 5.74) is 1.07. The number of alkyl halides is 2. The van der Waals surface area contributed by atoms with Crippen LogP contribution in [0.3, 0.4) is 0 Å². The highest BCUT2D eigenvalue weighted by molar-refractivity contribution is 5.28. The van der Waals surface area contributed by atoms with Crippen LogP contribution in [0.2, 0.25) is 0 Å². The Kier molecular flexibility index (Phi) is 5.31. The van der Waals surface area contributed by atoms with Gasteiger partial charge in [0.25, 0.3) is 0 Å². The van der Waals surface area contributed by atoms with Crippen molar-refractivity contribution >= 4 is 0 Å². The first-order valence-electron chi connectivity index (χ1n) is 7.04. The van der Waals surface area contributed by atoms with E-state index >= 15 is 0 Å². The number of halogens is 2. The van der Waals surface area contributed by atoms with Gasteiger partial charge in [-0.05, 0) is 44.5 Å². The monoisotopic (exact) mass is 284 g/mol. The lowest BCUT2D eigenvalue weighted by Gasteiger charge is -2.19. The number of nitrogens with one attached hydrogen (secondary N) is 1. The van der Waals surface area contributed by atoms with Gasteiger partial charge in [-0.2, -0.15) is 8.78 Å². The molecule has 1 aliphatic rings. The van der Waals surface area contributed by atoms with Crippen LogP contribution in [0.25, 0.3) is 0 Å². The average molecular weight is 284 g/mol. The Bertz CT molecular complexity index is 407. The average Bonchev–Trinajstić information content (AvgIpc) is 3.23. The van der Waals surface area contributed by atoms with E-state index in [0.717, 1.165) is 24.7 Å². The fourth-order valence-corrected chi connectivity index (χ4v) is 2.21. The molecule has 1 atom stereocenters. The number of hydrogen-bond donors (Lipinski definition) is 1. The van der Waals surface area contributed by atoms with Gasteiger partial charge in [0.05, 0.1) is 0 Å². The lowest BCUT2D eigenvalue weighted by Crippen LogP contribution is -2.31. The van der Waals surface area contributed by atoms with Crippen LogP contribution in [-0.4, -0.2) is 37.7 Å². The molecule has 0 radical (unpaired) electrons. The molecule has 0 aliphatic heterocycles. The summed E-state index contributed by atoms with van der Waals surface area (Å²) in [6.07, 6.45) is 2.63. The van der Waals surface area contributed by atoms with E-state index in [-0.39, 0.29) is 11.8 Å². The van der Waals surface area contributed by atoms with E-state index in [0.29, 0.717) is 0 Å². The predicted octanol–water partition coefficient (Wildman–Crippen LogP) is 3.03. The molecule has 3 nitrogen and oxygen atoms in total. The Labute approximate surface area is 118 Å². The third kappa shape index (κ3) is 4.72. The largest absolute Gasteiger partial charge is 0.435 e. The van der Waals surface area contributed by atoms with Crippen molar-refractivity contribution in [2.45, 2.75) is 38.5 Å². The van der Waals surface area contributed by atoms with Crippen molar-refractivity contribution in [3.05, 3.63) is 29.8 Å². The maximum atomic E-state index is 12.1. The summed E-state index contributed by atoms with van der Waals surface area (Å²) in [7, 11) is 2.15. The Balaban J connectivity index is 1.74. The van der Waals surface area contributed by atoms with E-state index in [1.807, 2.05) is 12.1 Å². The van der Waals surface area contributed by atoms with Crippen molar-refractivity contribution in [3.63, 3.8) is 0 Å². The first-order valence-corrected chi connectivity index (χ1v) is 7.04. The zero-order valence-corrected chi connectivity index (χ0v) is 12.0. The van der Waals surface area contributed by atoms with E-state index in [4.69, 9.17) is 0 Å². The molecule has 1 aromatic carbocycles. The van der Waals surface area contributed by atoms with Crippen LogP contribution in [0, 0.1) is 0 Å². The van der Waals surface area contributed by atoms with Crippen LogP contribution in [0.15, 0.2) is 24.3 Å². The van der Waals surface area contributed by atoms with Crippen molar-refractivity contribution in [2.75, 3.05) is 20.1 Å². The molecule has 112 valence electrons. The summed E-state index contributed by atoms with van der Waals surface area (Å²) >= 11 is 0. The fourth-order valence-electron chi connectivity index (χ4n) is 2.21. The quantitative estimate of drug-likeness (QED) is 0.794. The Morgan fingerprint density at radius 3 is 2.50 bits per heavy atom. The second-order valence-electron chi connectivity index (χ2n) is 5.34. The van der Waals surface area contributed by atoms with Crippen molar-refractivity contribution in [3.8, 4) is 5.75 Å². The maximum absolute atomic E-state index is 12.1. The minimum absolute atomic E-state index is 0.197. The highest BCUT2D eigenvalue weighted by atomic mass is 19.3. The van der Waals surface area contributed by atoms with E-state index < -0.39 is 6.61 Å². The third-order valence-electron chi connectivity index (χ3n) is 3.69. The van der Waals surface area contributed by atoms with Gasteiger partial charge < -0.3 is 15.0 Å². The number of ether oxygens (including phenoxy) is 1. The molecule has 1 saturated carbocycles. The highest BCUT2D eigenvalue weighted by Crippen LogP contribution is 2.24. The van der Waals surface area contributed by atoms with Crippen molar-refractivity contribution in [1.82, 2.24) is 10.2 Å². The zero-order chi connectivity index (χ0) is 14.5. The summed E-state index contributed by atoms with van der Waals surface area (Å²) < 4.78 is 28.4. The maximum Gasteiger partial charge on any atom is 0.387 e. The standard InChI is InChI=1S/C15H22F2N2O/c1-11(18-9-10-19(2)13-5-6-13)12-3-7-14(8-4-12)20-15(16)17/h3-4,7-8,11,13,15,18H,5-6,9-10H2,1-2H3. The molecule has 0 heterocycles. The van der Waals surface area contributed by atoms with Gasteiger partial charge in [0, 0.05) is 25.2 Å². The normalized spacial score (nSPS) is 16.7. The molecule has 0 bridgehead atoms. The van der Waals surface area contributed by atoms with Crippen molar-refractivity contribution in [1.29, 1.82) is 0 Å². The van der Waals surface area contributed by atoms with E-state index in [1.54, 1.807) is 12.1 Å². The molecule has 20 heavy (non-hydrogen) atoms. The SMILES string of the molecule is CC(NCCN(C)C1CC1)c1ccc(OC(F)F)cc1. The topological polar surface area (TPSA) is 24.5 Å². The second-order valence-corrected chi connectivity index (χ2v) is 5.34. The lowest BCUT2D eigenvalue weighted by atomic mass is 10.1. The second kappa shape index (κ2) is 6.99. The van der Waals surface area contributed by atoms with Gasteiger partial charge >= 0.3 is 6.61 Å². The fraction of sp³-hybridized carbons (Fsp3) is 0.600. The molecule has 1 aromatic rings. The summed E-state index contributed by atoms with van der Waals surface area (Å²) in [5.74, 6) is 0.199.